The lowest BCUT2D eigenvalue weighted by Crippen LogP contribution is -2.27. The molecule has 0 radical (unpaired) electrons. The van der Waals surface area contributed by atoms with Crippen LogP contribution in [0.15, 0.2) is 29.4 Å². The van der Waals surface area contributed by atoms with Crippen LogP contribution in [0.25, 0.3) is 0 Å². The van der Waals surface area contributed by atoms with Gasteiger partial charge in [-0.05, 0) is 50.8 Å². The summed E-state index contributed by atoms with van der Waals surface area (Å²) in [6.45, 7) is 4.79. The van der Waals surface area contributed by atoms with E-state index in [4.69, 9.17) is 4.74 Å². The molecule has 134 valence electrons. The molecule has 1 N–H and O–H groups in total. The first kappa shape index (κ1) is 17.9. The van der Waals surface area contributed by atoms with E-state index in [1.54, 1.807) is 7.11 Å². The standard InChI is InChI=1S/C19H25N3O2S/c1-13-14(2)22(16-6-7-16)19(21-13)25-12-18(23)20-11-10-15-4-8-17(24-3)9-5-15/h4-5,8-9,16H,6-7,10-12H2,1-3H3,(H,20,23). The zero-order chi connectivity index (χ0) is 17.8. The zero-order valence-electron chi connectivity index (χ0n) is 15.0. The maximum absolute atomic E-state index is 12.1. The second-order valence-corrected chi connectivity index (χ2v) is 7.35. The Morgan fingerprint density at radius 1 is 1.32 bits per heavy atom. The maximum Gasteiger partial charge on any atom is 0.230 e. The average Bonchev–Trinajstić information content (AvgIpc) is 3.40. The lowest BCUT2D eigenvalue weighted by atomic mass is 10.1. The summed E-state index contributed by atoms with van der Waals surface area (Å²) in [7, 11) is 1.66. The highest BCUT2D eigenvalue weighted by Crippen LogP contribution is 2.39. The molecule has 1 amide bonds. The van der Waals surface area contributed by atoms with E-state index in [0.29, 0.717) is 18.3 Å². The van der Waals surface area contributed by atoms with Gasteiger partial charge in [0.2, 0.25) is 5.91 Å². The van der Waals surface area contributed by atoms with Gasteiger partial charge in [-0.1, -0.05) is 23.9 Å². The molecule has 1 aromatic heterocycles. The summed E-state index contributed by atoms with van der Waals surface area (Å²) >= 11 is 1.53. The summed E-state index contributed by atoms with van der Waals surface area (Å²) in [4.78, 5) is 16.7. The summed E-state index contributed by atoms with van der Waals surface area (Å²) in [5, 5.41) is 3.96. The number of carbonyl (C=O) groups excluding carboxylic acids is 1. The molecule has 0 saturated heterocycles. The third-order valence-corrected chi connectivity index (χ3v) is 5.45. The highest BCUT2D eigenvalue weighted by atomic mass is 32.2. The van der Waals surface area contributed by atoms with Crippen LogP contribution in [0.2, 0.25) is 0 Å². The van der Waals surface area contributed by atoms with Crippen molar-refractivity contribution in [2.75, 3.05) is 19.4 Å². The number of thioether (sulfide) groups is 1. The van der Waals surface area contributed by atoms with E-state index < -0.39 is 0 Å². The number of imidazole rings is 1. The molecule has 0 unspecified atom stereocenters. The second kappa shape index (κ2) is 7.95. The highest BCUT2D eigenvalue weighted by Gasteiger charge is 2.28. The second-order valence-electron chi connectivity index (χ2n) is 6.40. The molecule has 6 heteroatoms. The quantitative estimate of drug-likeness (QED) is 0.735. The molecule has 0 bridgehead atoms. The maximum atomic E-state index is 12.1. The minimum Gasteiger partial charge on any atom is -0.497 e. The Balaban J connectivity index is 1.44. The lowest BCUT2D eigenvalue weighted by molar-refractivity contribution is -0.118. The number of nitrogens with zero attached hydrogens (tertiary/aromatic N) is 2. The molecular weight excluding hydrogens is 334 g/mol. The summed E-state index contributed by atoms with van der Waals surface area (Å²) < 4.78 is 7.44. The van der Waals surface area contributed by atoms with Crippen LogP contribution in [0.4, 0.5) is 0 Å². The first-order valence-electron chi connectivity index (χ1n) is 8.66. The van der Waals surface area contributed by atoms with Crippen molar-refractivity contribution in [2.45, 2.75) is 44.3 Å². The van der Waals surface area contributed by atoms with Gasteiger partial charge in [0.15, 0.2) is 5.16 Å². The number of hydrogen-bond donors (Lipinski definition) is 1. The van der Waals surface area contributed by atoms with E-state index in [9.17, 15) is 4.79 Å². The molecule has 3 rings (SSSR count). The van der Waals surface area contributed by atoms with Crippen LogP contribution in [0.1, 0.15) is 35.8 Å². The molecule has 0 aliphatic heterocycles. The Labute approximate surface area is 153 Å². The zero-order valence-corrected chi connectivity index (χ0v) is 15.9. The number of aromatic nitrogens is 2. The molecular formula is C19H25N3O2S. The molecule has 1 aromatic carbocycles. The Bertz CT molecular complexity index is 736. The monoisotopic (exact) mass is 359 g/mol. The molecule has 1 saturated carbocycles. The van der Waals surface area contributed by atoms with Gasteiger partial charge in [0, 0.05) is 18.3 Å². The molecule has 1 fully saturated rings. The number of rotatable bonds is 8. The topological polar surface area (TPSA) is 56.1 Å². The SMILES string of the molecule is COc1ccc(CCNC(=O)CSc2nc(C)c(C)n2C2CC2)cc1. The smallest absolute Gasteiger partial charge is 0.230 e. The number of nitrogens with one attached hydrogen (secondary N) is 1. The molecule has 2 aromatic rings. The predicted octanol–water partition coefficient (Wildman–Crippen LogP) is 3.29. The summed E-state index contributed by atoms with van der Waals surface area (Å²) in [5.41, 5.74) is 3.48. The van der Waals surface area contributed by atoms with Crippen LogP contribution in [-0.4, -0.2) is 34.9 Å². The van der Waals surface area contributed by atoms with Crippen molar-refractivity contribution < 1.29 is 9.53 Å². The Morgan fingerprint density at radius 3 is 2.68 bits per heavy atom. The van der Waals surface area contributed by atoms with Crippen LogP contribution in [-0.2, 0) is 11.2 Å². The fourth-order valence-electron chi connectivity index (χ4n) is 2.78. The first-order chi connectivity index (χ1) is 12.1. The van der Waals surface area contributed by atoms with Gasteiger partial charge in [-0.3, -0.25) is 4.79 Å². The van der Waals surface area contributed by atoms with Gasteiger partial charge in [0.05, 0.1) is 18.6 Å². The van der Waals surface area contributed by atoms with Crippen LogP contribution >= 0.6 is 11.8 Å². The minimum absolute atomic E-state index is 0.0548. The number of carbonyl (C=O) groups is 1. The van der Waals surface area contributed by atoms with E-state index in [-0.39, 0.29) is 5.91 Å². The van der Waals surface area contributed by atoms with Gasteiger partial charge < -0.3 is 14.6 Å². The number of aryl methyl sites for hydroxylation is 1. The van der Waals surface area contributed by atoms with Crippen LogP contribution < -0.4 is 10.1 Å². The summed E-state index contributed by atoms with van der Waals surface area (Å²) in [6, 6.07) is 8.52. The highest BCUT2D eigenvalue weighted by molar-refractivity contribution is 7.99. The predicted molar refractivity (Wildman–Crippen MR) is 100 cm³/mol. The van der Waals surface area contributed by atoms with Crippen molar-refractivity contribution in [2.24, 2.45) is 0 Å². The van der Waals surface area contributed by atoms with Gasteiger partial charge in [0.1, 0.15) is 5.75 Å². The van der Waals surface area contributed by atoms with Gasteiger partial charge in [0.25, 0.3) is 0 Å². The van der Waals surface area contributed by atoms with E-state index >= 15 is 0 Å². The van der Waals surface area contributed by atoms with Crippen LogP contribution in [0, 0.1) is 13.8 Å². The third kappa shape index (κ3) is 4.57. The fraction of sp³-hybridized carbons (Fsp3) is 0.474. The van der Waals surface area contributed by atoms with Gasteiger partial charge >= 0.3 is 0 Å². The van der Waals surface area contributed by atoms with Crippen molar-refractivity contribution in [3.05, 3.63) is 41.2 Å². The van der Waals surface area contributed by atoms with Crippen molar-refractivity contribution in [3.8, 4) is 5.75 Å². The largest absolute Gasteiger partial charge is 0.497 e. The number of amides is 1. The van der Waals surface area contributed by atoms with Gasteiger partial charge in [-0.15, -0.1) is 0 Å². The Kier molecular flexibility index (Phi) is 5.68. The van der Waals surface area contributed by atoms with Gasteiger partial charge in [-0.25, -0.2) is 4.98 Å². The molecule has 25 heavy (non-hydrogen) atoms. The third-order valence-electron chi connectivity index (χ3n) is 4.49. The summed E-state index contributed by atoms with van der Waals surface area (Å²) in [5.74, 6) is 1.31. The Morgan fingerprint density at radius 2 is 2.04 bits per heavy atom. The van der Waals surface area contributed by atoms with Crippen molar-refractivity contribution in [3.63, 3.8) is 0 Å². The number of ether oxygens (including phenoxy) is 1. The fourth-order valence-corrected chi connectivity index (χ4v) is 3.77. The van der Waals surface area contributed by atoms with E-state index in [0.717, 1.165) is 23.0 Å². The van der Waals surface area contributed by atoms with Gasteiger partial charge in [-0.2, -0.15) is 0 Å². The molecule has 1 aliphatic rings. The normalized spacial score (nSPS) is 13.7. The molecule has 0 spiro atoms. The summed E-state index contributed by atoms with van der Waals surface area (Å²) in [6.07, 6.45) is 3.26. The van der Waals surface area contributed by atoms with Crippen molar-refractivity contribution in [1.29, 1.82) is 0 Å². The average molecular weight is 359 g/mol. The lowest BCUT2D eigenvalue weighted by Gasteiger charge is -2.09. The Hall–Kier alpha value is -1.95. The number of benzene rings is 1. The van der Waals surface area contributed by atoms with Crippen molar-refractivity contribution >= 4 is 17.7 Å². The molecule has 1 heterocycles. The van der Waals surface area contributed by atoms with Crippen LogP contribution in [0.5, 0.6) is 5.75 Å². The van der Waals surface area contributed by atoms with Crippen LogP contribution in [0.3, 0.4) is 0 Å². The van der Waals surface area contributed by atoms with E-state index in [1.807, 2.05) is 31.2 Å². The molecule has 1 aliphatic carbocycles. The molecule has 0 atom stereocenters. The number of hydrogen-bond acceptors (Lipinski definition) is 4. The van der Waals surface area contributed by atoms with E-state index in [1.165, 1.54) is 35.9 Å². The van der Waals surface area contributed by atoms with Crippen molar-refractivity contribution in [1.82, 2.24) is 14.9 Å². The van der Waals surface area contributed by atoms with E-state index in [2.05, 4.69) is 21.8 Å². The minimum atomic E-state index is 0.0548. The first-order valence-corrected chi connectivity index (χ1v) is 9.65. The number of methoxy groups -OCH3 is 1. The molecule has 5 nitrogen and oxygen atoms in total.